The maximum Gasteiger partial charge on any atom is 0.271 e. The highest BCUT2D eigenvalue weighted by Gasteiger charge is 2.41. The van der Waals surface area contributed by atoms with E-state index < -0.39 is 28.1 Å². The summed E-state index contributed by atoms with van der Waals surface area (Å²) < 4.78 is 39.1. The fraction of sp³-hybridized carbons (Fsp3) is 0.600. The number of halogens is 1. The molecule has 32 heavy (non-hydrogen) atoms. The molecule has 9 nitrogen and oxygen atoms in total. The van der Waals surface area contributed by atoms with Gasteiger partial charge in [-0.15, -0.1) is 11.3 Å². The first kappa shape index (κ1) is 25.0. The molecule has 2 amide bonds. The number of thiophene rings is 1. The first-order chi connectivity index (χ1) is 15.1. The van der Waals surface area contributed by atoms with E-state index in [1.54, 1.807) is 30.9 Å². The highest BCUT2D eigenvalue weighted by Crippen LogP contribution is 2.29. The molecule has 0 radical (unpaired) electrons. The molecule has 3 atom stereocenters. The van der Waals surface area contributed by atoms with Crippen molar-refractivity contribution < 1.29 is 27.5 Å². The predicted molar refractivity (Wildman–Crippen MR) is 122 cm³/mol. The number of nitrogens with zero attached hydrogens (tertiary/aromatic N) is 2. The van der Waals surface area contributed by atoms with Gasteiger partial charge in [-0.1, -0.05) is 18.5 Å². The van der Waals surface area contributed by atoms with Gasteiger partial charge in [0.25, 0.3) is 5.91 Å². The molecule has 1 fully saturated rings. The van der Waals surface area contributed by atoms with Crippen molar-refractivity contribution in [1.82, 2.24) is 14.5 Å². The average Bonchev–Trinajstić information content (AvgIpc) is 3.34. The Hall–Kier alpha value is -1.66. The van der Waals surface area contributed by atoms with Crippen LogP contribution in [0, 0.1) is 0 Å². The Morgan fingerprint density at radius 1 is 1.31 bits per heavy atom. The quantitative estimate of drug-likeness (QED) is 0.544. The van der Waals surface area contributed by atoms with Crippen LogP contribution in [0.2, 0.25) is 4.34 Å². The number of hydrogen-bond donors (Lipinski definition) is 1. The lowest BCUT2D eigenvalue weighted by Crippen LogP contribution is -2.57. The minimum Gasteiger partial charge on any atom is -0.379 e. The molecule has 0 aromatic carbocycles. The molecule has 1 N–H and O–H groups in total. The highest BCUT2D eigenvalue weighted by molar-refractivity contribution is 7.89. The van der Waals surface area contributed by atoms with E-state index in [1.807, 2.05) is 0 Å². The fourth-order valence-corrected chi connectivity index (χ4v) is 6.39. The molecular weight excluding hydrogens is 478 g/mol. The van der Waals surface area contributed by atoms with Gasteiger partial charge >= 0.3 is 0 Å². The molecule has 0 bridgehead atoms. The number of sulfonamides is 1. The van der Waals surface area contributed by atoms with Crippen LogP contribution in [0.1, 0.15) is 24.6 Å². The Kier molecular flexibility index (Phi) is 8.21. The van der Waals surface area contributed by atoms with E-state index in [4.69, 9.17) is 21.1 Å². The van der Waals surface area contributed by atoms with Gasteiger partial charge in [0.15, 0.2) is 0 Å². The molecule has 1 saturated heterocycles. The Labute approximate surface area is 197 Å². The first-order valence-electron chi connectivity index (χ1n) is 10.3. The largest absolute Gasteiger partial charge is 0.379 e. The van der Waals surface area contributed by atoms with Crippen molar-refractivity contribution in [2.75, 3.05) is 45.7 Å². The van der Waals surface area contributed by atoms with Gasteiger partial charge in [-0.25, -0.2) is 8.42 Å². The Bertz CT molecular complexity index is 974. The Balaban J connectivity index is 1.68. The lowest BCUT2D eigenvalue weighted by molar-refractivity contribution is -0.151. The number of rotatable bonds is 9. The SMILES string of the molecule is CO[C@H](C)[C@@H](C(=O)N1CCOCC1)N1CC=C(NS(=O)(=O)CC(C)c2ccc(Cl)s2)C1=O. The third kappa shape index (κ3) is 5.82. The zero-order chi connectivity index (χ0) is 23.5. The standard InChI is InChI=1S/C20H28ClN3O6S2/c1-13(16-4-5-17(21)31-16)12-32(27,28)22-15-6-7-24(19(15)25)18(14(2)29-3)20(26)23-8-10-30-11-9-23/h4-6,13-14,18,22H,7-12H2,1-3H3/t13?,14-,18+/m1/s1. The molecule has 3 heterocycles. The number of methoxy groups -OCH3 is 1. The van der Waals surface area contributed by atoms with E-state index in [-0.39, 0.29) is 29.8 Å². The lowest BCUT2D eigenvalue weighted by Gasteiger charge is -2.36. The number of morpholine rings is 1. The Morgan fingerprint density at radius 3 is 2.59 bits per heavy atom. The number of hydrogen-bond acceptors (Lipinski definition) is 7. The van der Waals surface area contributed by atoms with Crippen LogP contribution in [0.25, 0.3) is 0 Å². The van der Waals surface area contributed by atoms with Crippen molar-refractivity contribution in [3.63, 3.8) is 0 Å². The van der Waals surface area contributed by atoms with Crippen molar-refractivity contribution in [2.24, 2.45) is 0 Å². The minimum absolute atomic E-state index is 0.0514. The maximum absolute atomic E-state index is 13.2. The topological polar surface area (TPSA) is 105 Å². The van der Waals surface area contributed by atoms with Crippen LogP contribution in [-0.2, 0) is 29.1 Å². The molecule has 12 heteroatoms. The molecule has 2 aliphatic heterocycles. The average molecular weight is 506 g/mol. The molecule has 0 spiro atoms. The summed E-state index contributed by atoms with van der Waals surface area (Å²) in [7, 11) is -2.32. The van der Waals surface area contributed by atoms with Crippen molar-refractivity contribution in [2.45, 2.75) is 31.9 Å². The third-order valence-corrected chi connectivity index (χ3v) is 8.46. The number of nitrogens with one attached hydrogen (secondary N) is 1. The molecule has 1 unspecified atom stereocenters. The van der Waals surface area contributed by atoms with Gasteiger partial charge < -0.3 is 19.3 Å². The zero-order valence-electron chi connectivity index (χ0n) is 18.2. The van der Waals surface area contributed by atoms with Crippen LogP contribution in [0.3, 0.4) is 0 Å². The smallest absolute Gasteiger partial charge is 0.271 e. The van der Waals surface area contributed by atoms with Crippen molar-refractivity contribution in [3.05, 3.63) is 33.1 Å². The van der Waals surface area contributed by atoms with Gasteiger partial charge in [-0.3, -0.25) is 14.3 Å². The second-order valence-electron chi connectivity index (χ2n) is 7.83. The summed E-state index contributed by atoms with van der Waals surface area (Å²) >= 11 is 7.27. The summed E-state index contributed by atoms with van der Waals surface area (Å²) in [6, 6.07) is 2.65. The molecule has 0 saturated carbocycles. The number of amides is 2. The van der Waals surface area contributed by atoms with Crippen LogP contribution in [0.5, 0.6) is 0 Å². The second kappa shape index (κ2) is 10.5. The summed E-state index contributed by atoms with van der Waals surface area (Å²) in [6.45, 7) is 5.36. The highest BCUT2D eigenvalue weighted by atomic mass is 35.5. The van der Waals surface area contributed by atoms with E-state index in [1.165, 1.54) is 29.4 Å². The monoisotopic (exact) mass is 505 g/mol. The molecule has 2 aliphatic rings. The molecular formula is C20H28ClN3O6S2. The van der Waals surface area contributed by atoms with Gasteiger partial charge in [0.05, 0.1) is 29.4 Å². The van der Waals surface area contributed by atoms with E-state index in [0.717, 1.165) is 4.88 Å². The molecule has 0 aliphatic carbocycles. The predicted octanol–water partition coefficient (Wildman–Crippen LogP) is 1.41. The summed E-state index contributed by atoms with van der Waals surface area (Å²) in [5.41, 5.74) is -0.0514. The van der Waals surface area contributed by atoms with Crippen LogP contribution in [-0.4, -0.2) is 87.9 Å². The van der Waals surface area contributed by atoms with Crippen LogP contribution >= 0.6 is 22.9 Å². The normalized spacial score (nSPS) is 20.1. The molecule has 178 valence electrons. The fourth-order valence-electron chi connectivity index (χ4n) is 3.74. The first-order valence-corrected chi connectivity index (χ1v) is 13.1. The van der Waals surface area contributed by atoms with Gasteiger partial charge in [-0.05, 0) is 25.1 Å². The van der Waals surface area contributed by atoms with Crippen molar-refractivity contribution in [3.8, 4) is 0 Å². The van der Waals surface area contributed by atoms with E-state index in [2.05, 4.69) is 4.72 Å². The van der Waals surface area contributed by atoms with Gasteiger partial charge in [-0.2, -0.15) is 0 Å². The molecule has 3 rings (SSSR count). The number of carbonyl (C=O) groups excluding carboxylic acids is 2. The van der Waals surface area contributed by atoms with Crippen LogP contribution in [0.4, 0.5) is 0 Å². The summed E-state index contributed by atoms with van der Waals surface area (Å²) in [6.07, 6.45) is 0.927. The van der Waals surface area contributed by atoms with E-state index >= 15 is 0 Å². The maximum atomic E-state index is 13.2. The van der Waals surface area contributed by atoms with E-state index in [9.17, 15) is 18.0 Å². The number of carbonyl (C=O) groups is 2. The van der Waals surface area contributed by atoms with Crippen molar-refractivity contribution in [1.29, 1.82) is 0 Å². The van der Waals surface area contributed by atoms with Gasteiger partial charge in [0.2, 0.25) is 15.9 Å². The lowest BCUT2D eigenvalue weighted by atomic mass is 10.1. The third-order valence-electron chi connectivity index (χ3n) is 5.53. The molecule has 1 aromatic heterocycles. The minimum atomic E-state index is -3.80. The van der Waals surface area contributed by atoms with E-state index in [0.29, 0.717) is 30.6 Å². The Morgan fingerprint density at radius 2 is 2.00 bits per heavy atom. The van der Waals surface area contributed by atoms with Crippen LogP contribution < -0.4 is 4.72 Å². The van der Waals surface area contributed by atoms with Gasteiger partial charge in [0.1, 0.15) is 11.7 Å². The summed E-state index contributed by atoms with van der Waals surface area (Å²) in [5.74, 6) is -1.27. The second-order valence-corrected chi connectivity index (χ2v) is 11.3. The zero-order valence-corrected chi connectivity index (χ0v) is 20.6. The molecule has 1 aromatic rings. The van der Waals surface area contributed by atoms with Gasteiger partial charge in [0, 0.05) is 37.5 Å². The summed E-state index contributed by atoms with van der Waals surface area (Å²) in [5, 5.41) is 0. The number of ether oxygens (including phenoxy) is 2. The summed E-state index contributed by atoms with van der Waals surface area (Å²) in [4.78, 5) is 30.1. The van der Waals surface area contributed by atoms with Crippen molar-refractivity contribution >= 4 is 44.8 Å². The van der Waals surface area contributed by atoms with Crippen LogP contribution in [0.15, 0.2) is 23.9 Å².